The quantitative estimate of drug-likeness (QED) is 0.920. The molecule has 1 fully saturated rings. The Bertz CT molecular complexity index is 810. The van der Waals surface area contributed by atoms with Crippen molar-refractivity contribution in [2.24, 2.45) is 0 Å². The van der Waals surface area contributed by atoms with Crippen LogP contribution in [0.5, 0.6) is 0 Å². The third-order valence-corrected chi connectivity index (χ3v) is 4.95. The van der Waals surface area contributed by atoms with E-state index in [-0.39, 0.29) is 5.91 Å². The van der Waals surface area contributed by atoms with Gasteiger partial charge in [-0.3, -0.25) is 9.69 Å². The summed E-state index contributed by atoms with van der Waals surface area (Å²) in [5.74, 6) is -0.0519. The molecule has 0 bridgehead atoms. The number of nitrogens with one attached hydrogen (secondary N) is 1. The van der Waals surface area contributed by atoms with Crippen LogP contribution in [0.1, 0.15) is 15.9 Å². The van der Waals surface area contributed by atoms with Gasteiger partial charge in [0, 0.05) is 37.8 Å². The van der Waals surface area contributed by atoms with Crippen molar-refractivity contribution in [2.75, 3.05) is 40.3 Å². The molecule has 26 heavy (non-hydrogen) atoms. The number of carbonyl (C=O) groups excluding carboxylic acids is 1. The lowest BCUT2D eigenvalue weighted by molar-refractivity contribution is 0.0881. The number of nitrogens with zero attached hydrogens (tertiary/aromatic N) is 3. The maximum absolute atomic E-state index is 12.4. The van der Waals surface area contributed by atoms with Crippen LogP contribution < -0.4 is 5.32 Å². The average Bonchev–Trinajstić information content (AvgIpc) is 2.68. The largest absolute Gasteiger partial charge is 0.350 e. The van der Waals surface area contributed by atoms with E-state index in [1.54, 1.807) is 6.07 Å². The van der Waals surface area contributed by atoms with Gasteiger partial charge in [-0.2, -0.15) is 5.26 Å². The molecule has 0 radical (unpaired) electrons. The van der Waals surface area contributed by atoms with E-state index in [2.05, 4.69) is 35.3 Å². The molecule has 0 aliphatic carbocycles. The second kappa shape index (κ2) is 8.13. The van der Waals surface area contributed by atoms with E-state index < -0.39 is 0 Å². The number of nitriles is 1. The Balaban J connectivity index is 1.62. The van der Waals surface area contributed by atoms with Crippen molar-refractivity contribution < 1.29 is 4.79 Å². The summed E-state index contributed by atoms with van der Waals surface area (Å²) in [7, 11) is 4.22. The highest BCUT2D eigenvalue weighted by Gasteiger charge is 2.22. The first-order chi connectivity index (χ1) is 12.6. The summed E-state index contributed by atoms with van der Waals surface area (Å²) in [4.78, 5) is 17.0. The van der Waals surface area contributed by atoms with Gasteiger partial charge in [0.1, 0.15) is 0 Å². The van der Waals surface area contributed by atoms with Crippen LogP contribution in [0.25, 0.3) is 11.1 Å². The molecule has 1 aliphatic heterocycles. The van der Waals surface area contributed by atoms with Crippen molar-refractivity contribution in [3.63, 3.8) is 0 Å². The van der Waals surface area contributed by atoms with Crippen molar-refractivity contribution in [2.45, 2.75) is 6.04 Å². The van der Waals surface area contributed by atoms with E-state index in [0.29, 0.717) is 23.7 Å². The van der Waals surface area contributed by atoms with Crippen LogP contribution in [0.3, 0.4) is 0 Å². The first-order valence-corrected chi connectivity index (χ1v) is 8.84. The zero-order valence-electron chi connectivity index (χ0n) is 15.3. The van der Waals surface area contributed by atoms with Crippen LogP contribution in [0.4, 0.5) is 0 Å². The fourth-order valence-corrected chi connectivity index (χ4v) is 3.22. The molecule has 0 spiro atoms. The lowest BCUT2D eigenvalue weighted by Crippen LogP contribution is -2.54. The number of hydrogen-bond donors (Lipinski definition) is 1. The summed E-state index contributed by atoms with van der Waals surface area (Å²) in [6.45, 7) is 3.69. The predicted octanol–water partition coefficient (Wildman–Crippen LogP) is 2.20. The van der Waals surface area contributed by atoms with Crippen molar-refractivity contribution in [1.29, 1.82) is 5.26 Å². The van der Waals surface area contributed by atoms with Crippen molar-refractivity contribution in [3.8, 4) is 17.2 Å². The van der Waals surface area contributed by atoms with Crippen molar-refractivity contribution in [3.05, 3.63) is 59.7 Å². The third kappa shape index (κ3) is 4.29. The molecular weight excluding hydrogens is 324 g/mol. The highest BCUT2D eigenvalue weighted by atomic mass is 16.1. The molecular formula is C21H24N4O. The van der Waals surface area contributed by atoms with Gasteiger partial charge in [0.15, 0.2) is 0 Å². The molecule has 1 N–H and O–H groups in total. The van der Waals surface area contributed by atoms with Gasteiger partial charge < -0.3 is 10.2 Å². The number of benzene rings is 2. The van der Waals surface area contributed by atoms with E-state index in [1.807, 2.05) is 42.5 Å². The van der Waals surface area contributed by atoms with Crippen LogP contribution in [-0.4, -0.2) is 62.0 Å². The lowest BCUT2D eigenvalue weighted by Gasteiger charge is -2.37. The Labute approximate surface area is 154 Å². The molecule has 1 atom stereocenters. The monoisotopic (exact) mass is 348 g/mol. The Hall–Kier alpha value is -2.68. The molecule has 5 nitrogen and oxygen atoms in total. The van der Waals surface area contributed by atoms with Crippen LogP contribution in [0, 0.1) is 11.3 Å². The maximum Gasteiger partial charge on any atom is 0.251 e. The minimum Gasteiger partial charge on any atom is -0.350 e. The molecule has 0 unspecified atom stereocenters. The number of amides is 1. The summed E-state index contributed by atoms with van der Waals surface area (Å²) in [6.07, 6.45) is 0. The van der Waals surface area contributed by atoms with Crippen LogP contribution in [0.2, 0.25) is 0 Å². The molecule has 1 saturated heterocycles. The number of hydrogen-bond acceptors (Lipinski definition) is 4. The standard InChI is InChI=1S/C21H24N4O/c1-24-10-11-25(2)20(15-24)14-23-21(26)18-8-6-17(7-9-18)19-5-3-4-16(12-19)13-22/h3-9,12,20H,10-11,14-15H2,1-2H3,(H,23,26)/t20-/m0/s1. The van der Waals surface area contributed by atoms with E-state index in [9.17, 15) is 4.79 Å². The summed E-state index contributed by atoms with van der Waals surface area (Å²) >= 11 is 0. The van der Waals surface area contributed by atoms with Gasteiger partial charge in [-0.05, 0) is 49.5 Å². The van der Waals surface area contributed by atoms with Crippen LogP contribution >= 0.6 is 0 Å². The van der Waals surface area contributed by atoms with Crippen LogP contribution in [-0.2, 0) is 0 Å². The van der Waals surface area contributed by atoms with E-state index in [4.69, 9.17) is 5.26 Å². The van der Waals surface area contributed by atoms with Crippen molar-refractivity contribution >= 4 is 5.91 Å². The maximum atomic E-state index is 12.4. The third-order valence-electron chi connectivity index (χ3n) is 4.95. The smallest absolute Gasteiger partial charge is 0.251 e. The first-order valence-electron chi connectivity index (χ1n) is 8.84. The number of rotatable bonds is 4. The zero-order chi connectivity index (χ0) is 18.5. The molecule has 1 amide bonds. The Morgan fingerprint density at radius 3 is 2.65 bits per heavy atom. The van der Waals surface area contributed by atoms with Crippen molar-refractivity contribution in [1.82, 2.24) is 15.1 Å². The van der Waals surface area contributed by atoms with Gasteiger partial charge in [-0.25, -0.2) is 0 Å². The number of piperazine rings is 1. The number of carbonyl (C=O) groups is 1. The summed E-state index contributed by atoms with van der Waals surface area (Å²) < 4.78 is 0. The minimum absolute atomic E-state index is 0.0519. The summed E-state index contributed by atoms with van der Waals surface area (Å²) in [5, 5.41) is 12.1. The van der Waals surface area contributed by atoms with E-state index >= 15 is 0 Å². The average molecular weight is 348 g/mol. The highest BCUT2D eigenvalue weighted by Crippen LogP contribution is 2.21. The lowest BCUT2D eigenvalue weighted by atomic mass is 10.0. The van der Waals surface area contributed by atoms with Gasteiger partial charge in [0.05, 0.1) is 11.6 Å². The highest BCUT2D eigenvalue weighted by molar-refractivity contribution is 5.94. The van der Waals surface area contributed by atoms with Gasteiger partial charge in [-0.1, -0.05) is 24.3 Å². The molecule has 134 valence electrons. The Kier molecular flexibility index (Phi) is 5.67. The normalized spacial score (nSPS) is 18.3. The SMILES string of the molecule is CN1CCN(C)[C@@H](CNC(=O)c2ccc(-c3cccc(C#N)c3)cc2)C1. The fourth-order valence-electron chi connectivity index (χ4n) is 3.22. The molecule has 2 aromatic rings. The molecule has 0 aromatic heterocycles. The van der Waals surface area contributed by atoms with E-state index in [0.717, 1.165) is 30.8 Å². The second-order valence-electron chi connectivity index (χ2n) is 6.88. The van der Waals surface area contributed by atoms with Gasteiger partial charge >= 0.3 is 0 Å². The molecule has 0 saturated carbocycles. The second-order valence-corrected chi connectivity index (χ2v) is 6.88. The van der Waals surface area contributed by atoms with Gasteiger partial charge in [0.2, 0.25) is 0 Å². The topological polar surface area (TPSA) is 59.4 Å². The molecule has 2 aromatic carbocycles. The fraction of sp³-hybridized carbons (Fsp3) is 0.333. The Morgan fingerprint density at radius 2 is 1.92 bits per heavy atom. The molecule has 5 heteroatoms. The zero-order valence-corrected chi connectivity index (χ0v) is 15.3. The van der Waals surface area contributed by atoms with Gasteiger partial charge in [-0.15, -0.1) is 0 Å². The molecule has 3 rings (SSSR count). The van der Waals surface area contributed by atoms with Gasteiger partial charge in [0.25, 0.3) is 5.91 Å². The minimum atomic E-state index is -0.0519. The predicted molar refractivity (Wildman–Crippen MR) is 103 cm³/mol. The summed E-state index contributed by atoms with van der Waals surface area (Å²) in [5.41, 5.74) is 3.25. The first kappa shape index (κ1) is 18.1. The number of likely N-dealkylation sites (N-methyl/N-ethyl adjacent to an activating group) is 2. The summed E-state index contributed by atoms with van der Waals surface area (Å²) in [6, 6.07) is 17.5. The van der Waals surface area contributed by atoms with E-state index in [1.165, 1.54) is 0 Å². The Morgan fingerprint density at radius 1 is 1.15 bits per heavy atom. The molecule has 1 aliphatic rings. The molecule has 1 heterocycles. The van der Waals surface area contributed by atoms with Crippen LogP contribution in [0.15, 0.2) is 48.5 Å².